The van der Waals surface area contributed by atoms with Gasteiger partial charge in [0.1, 0.15) is 0 Å². The van der Waals surface area contributed by atoms with Crippen molar-refractivity contribution in [1.82, 2.24) is 4.98 Å². The first-order valence-corrected chi connectivity index (χ1v) is 7.68. The zero-order valence-corrected chi connectivity index (χ0v) is 11.0. The van der Waals surface area contributed by atoms with E-state index in [1.54, 1.807) is 6.20 Å². The molecule has 1 aromatic heterocycles. The quantitative estimate of drug-likeness (QED) is 0.898. The van der Waals surface area contributed by atoms with Crippen LogP contribution in [0.25, 0.3) is 0 Å². The number of thioether (sulfide) groups is 2. The van der Waals surface area contributed by atoms with Crippen molar-refractivity contribution in [3.63, 3.8) is 0 Å². The summed E-state index contributed by atoms with van der Waals surface area (Å²) in [5.41, 5.74) is 0.985. The number of rotatable bonds is 3. The molecular weight excluding hydrogens is 238 g/mol. The van der Waals surface area contributed by atoms with Crippen LogP contribution in [0.5, 0.6) is 0 Å². The summed E-state index contributed by atoms with van der Waals surface area (Å²) in [7, 11) is 0. The number of aliphatic hydroxyl groups is 1. The van der Waals surface area contributed by atoms with E-state index in [-0.39, 0.29) is 6.10 Å². The molecule has 88 valence electrons. The zero-order valence-electron chi connectivity index (χ0n) is 9.37. The average molecular weight is 255 g/mol. The molecule has 2 rings (SSSR count). The lowest BCUT2D eigenvalue weighted by molar-refractivity contribution is 0.170. The topological polar surface area (TPSA) is 33.1 Å². The molecule has 1 saturated heterocycles. The Balaban J connectivity index is 1.94. The van der Waals surface area contributed by atoms with Crippen LogP contribution < -0.4 is 0 Å². The highest BCUT2D eigenvalue weighted by Crippen LogP contribution is 2.33. The van der Waals surface area contributed by atoms with Crippen LogP contribution in [0.3, 0.4) is 0 Å². The van der Waals surface area contributed by atoms with Crippen LogP contribution in [0, 0.1) is 0 Å². The molecule has 2 nitrogen and oxygen atoms in total. The molecule has 1 N–H and O–H groups in total. The second-order valence-electron chi connectivity index (χ2n) is 4.00. The summed E-state index contributed by atoms with van der Waals surface area (Å²) in [5.74, 6) is 2.36. The molecule has 0 aromatic carbocycles. The van der Waals surface area contributed by atoms with Gasteiger partial charge in [0, 0.05) is 40.3 Å². The fourth-order valence-corrected chi connectivity index (χ4v) is 4.77. The van der Waals surface area contributed by atoms with Gasteiger partial charge in [-0.2, -0.15) is 23.5 Å². The molecule has 1 fully saturated rings. The zero-order chi connectivity index (χ0) is 11.4. The van der Waals surface area contributed by atoms with Crippen molar-refractivity contribution in [3.8, 4) is 0 Å². The maximum Gasteiger partial charge on any atom is 0.0724 e. The molecule has 0 radical (unpaired) electrons. The largest absolute Gasteiger partial charge is 0.392 e. The van der Waals surface area contributed by atoms with Gasteiger partial charge in [-0.3, -0.25) is 4.98 Å². The third kappa shape index (κ3) is 3.15. The normalized spacial score (nSPS) is 27.6. The number of hydrogen-bond donors (Lipinski definition) is 1. The Labute approximate surface area is 105 Å². The molecule has 0 saturated carbocycles. The maximum atomic E-state index is 10.2. The predicted octanol–water partition coefficient (Wildman–Crippen LogP) is 2.22. The monoisotopic (exact) mass is 255 g/mol. The van der Waals surface area contributed by atoms with Crippen LogP contribution in [0.4, 0.5) is 0 Å². The van der Waals surface area contributed by atoms with Gasteiger partial charge < -0.3 is 5.11 Å². The van der Waals surface area contributed by atoms with E-state index in [1.165, 1.54) is 5.75 Å². The van der Waals surface area contributed by atoms with Gasteiger partial charge in [0.15, 0.2) is 0 Å². The SMILES string of the molecule is CC1SCCSC1C(O)Cc1ccccn1. The van der Waals surface area contributed by atoms with Crippen LogP contribution >= 0.6 is 23.5 Å². The molecule has 1 aliphatic heterocycles. The summed E-state index contributed by atoms with van der Waals surface area (Å²) in [6.45, 7) is 2.21. The standard InChI is InChI=1S/C12H17NOS2/c1-9-12(16-7-6-15-9)11(14)8-10-4-2-3-5-13-10/h2-5,9,11-12,14H,6-8H2,1H3. The van der Waals surface area contributed by atoms with Crippen LogP contribution in [-0.2, 0) is 6.42 Å². The highest BCUT2D eigenvalue weighted by molar-refractivity contribution is 8.07. The van der Waals surface area contributed by atoms with Crippen molar-refractivity contribution in [2.75, 3.05) is 11.5 Å². The molecular formula is C12H17NOS2. The molecule has 1 aliphatic rings. The molecule has 3 unspecified atom stereocenters. The summed E-state index contributed by atoms with van der Waals surface area (Å²) in [5, 5.41) is 11.1. The van der Waals surface area contributed by atoms with Gasteiger partial charge in [-0.05, 0) is 12.1 Å². The first-order valence-electron chi connectivity index (χ1n) is 5.58. The summed E-state index contributed by atoms with van der Waals surface area (Å²) < 4.78 is 0. The Bertz CT molecular complexity index is 320. The van der Waals surface area contributed by atoms with Crippen molar-refractivity contribution in [2.24, 2.45) is 0 Å². The van der Waals surface area contributed by atoms with Crippen molar-refractivity contribution >= 4 is 23.5 Å². The summed E-state index contributed by atoms with van der Waals surface area (Å²) in [4.78, 5) is 4.26. The average Bonchev–Trinajstić information content (AvgIpc) is 2.31. The molecule has 2 heterocycles. The molecule has 4 heteroatoms. The smallest absolute Gasteiger partial charge is 0.0724 e. The lowest BCUT2D eigenvalue weighted by Crippen LogP contribution is -2.36. The van der Waals surface area contributed by atoms with Crippen molar-refractivity contribution in [1.29, 1.82) is 0 Å². The van der Waals surface area contributed by atoms with E-state index in [4.69, 9.17) is 0 Å². The number of aromatic nitrogens is 1. The molecule has 3 atom stereocenters. The summed E-state index contributed by atoms with van der Waals surface area (Å²) in [6.07, 6.45) is 2.18. The Hall–Kier alpha value is -0.190. The third-order valence-electron chi connectivity index (χ3n) is 2.76. The Morgan fingerprint density at radius 2 is 2.25 bits per heavy atom. The molecule has 0 spiro atoms. The first kappa shape index (κ1) is 12.3. The number of aliphatic hydroxyl groups excluding tert-OH is 1. The summed E-state index contributed by atoms with van der Waals surface area (Å²) >= 11 is 3.86. The highest BCUT2D eigenvalue weighted by Gasteiger charge is 2.29. The van der Waals surface area contributed by atoms with Gasteiger partial charge in [0.25, 0.3) is 0 Å². The van der Waals surface area contributed by atoms with Crippen LogP contribution in [-0.4, -0.2) is 38.2 Å². The highest BCUT2D eigenvalue weighted by atomic mass is 32.2. The van der Waals surface area contributed by atoms with E-state index in [1.807, 2.05) is 41.7 Å². The van der Waals surface area contributed by atoms with E-state index in [2.05, 4.69) is 11.9 Å². The van der Waals surface area contributed by atoms with Gasteiger partial charge in [-0.1, -0.05) is 13.0 Å². The van der Waals surface area contributed by atoms with Crippen LogP contribution in [0.15, 0.2) is 24.4 Å². The minimum absolute atomic E-state index is 0.275. The van der Waals surface area contributed by atoms with Crippen LogP contribution in [0.2, 0.25) is 0 Å². The fraction of sp³-hybridized carbons (Fsp3) is 0.583. The van der Waals surface area contributed by atoms with Crippen molar-refractivity contribution in [3.05, 3.63) is 30.1 Å². The van der Waals surface area contributed by atoms with E-state index < -0.39 is 0 Å². The Morgan fingerprint density at radius 1 is 1.44 bits per heavy atom. The molecule has 0 aliphatic carbocycles. The minimum atomic E-state index is -0.275. The second-order valence-corrected chi connectivity index (χ2v) is 6.77. The number of pyridine rings is 1. The number of hydrogen-bond acceptors (Lipinski definition) is 4. The molecule has 0 amide bonds. The molecule has 1 aromatic rings. The second kappa shape index (κ2) is 5.94. The maximum absolute atomic E-state index is 10.2. The Morgan fingerprint density at radius 3 is 2.94 bits per heavy atom. The minimum Gasteiger partial charge on any atom is -0.392 e. The van der Waals surface area contributed by atoms with Gasteiger partial charge in [-0.25, -0.2) is 0 Å². The van der Waals surface area contributed by atoms with Gasteiger partial charge in [0.2, 0.25) is 0 Å². The van der Waals surface area contributed by atoms with Crippen LogP contribution in [0.1, 0.15) is 12.6 Å². The Kier molecular flexibility index (Phi) is 4.55. The van der Waals surface area contributed by atoms with Gasteiger partial charge in [-0.15, -0.1) is 0 Å². The molecule has 0 bridgehead atoms. The predicted molar refractivity (Wildman–Crippen MR) is 72.1 cm³/mol. The van der Waals surface area contributed by atoms with E-state index >= 15 is 0 Å². The van der Waals surface area contributed by atoms with Crippen molar-refractivity contribution in [2.45, 2.75) is 29.9 Å². The van der Waals surface area contributed by atoms with Gasteiger partial charge >= 0.3 is 0 Å². The molecule has 16 heavy (non-hydrogen) atoms. The first-order chi connectivity index (χ1) is 7.77. The van der Waals surface area contributed by atoms with E-state index in [9.17, 15) is 5.11 Å². The fourth-order valence-electron chi connectivity index (χ4n) is 1.92. The van der Waals surface area contributed by atoms with E-state index in [0.717, 1.165) is 11.4 Å². The van der Waals surface area contributed by atoms with Crippen molar-refractivity contribution < 1.29 is 5.11 Å². The number of nitrogens with zero attached hydrogens (tertiary/aromatic N) is 1. The van der Waals surface area contributed by atoms with Gasteiger partial charge in [0.05, 0.1) is 6.10 Å². The summed E-state index contributed by atoms with van der Waals surface area (Å²) in [6, 6.07) is 5.86. The van der Waals surface area contributed by atoms with E-state index in [0.29, 0.717) is 16.9 Å². The lowest BCUT2D eigenvalue weighted by atomic mass is 10.1. The lowest BCUT2D eigenvalue weighted by Gasteiger charge is -2.31. The third-order valence-corrected chi connectivity index (χ3v) is 6.00.